The Balaban J connectivity index is 2.18. The molecule has 1 unspecified atom stereocenters. The first-order valence-corrected chi connectivity index (χ1v) is 9.17. The number of carbonyl (C=O) groups excluding carboxylic acids is 2. The summed E-state index contributed by atoms with van der Waals surface area (Å²) in [6.45, 7) is 0.346. The van der Waals surface area contributed by atoms with Crippen molar-refractivity contribution in [3.63, 3.8) is 0 Å². The molecule has 0 spiro atoms. The first-order chi connectivity index (χ1) is 13.9. The largest absolute Gasteiger partial charge is 0.508 e. The van der Waals surface area contributed by atoms with Gasteiger partial charge < -0.3 is 24.6 Å². The van der Waals surface area contributed by atoms with Crippen LogP contribution >= 0.6 is 11.6 Å². The zero-order chi connectivity index (χ0) is 21.1. The van der Waals surface area contributed by atoms with Crippen LogP contribution in [0.3, 0.4) is 0 Å². The van der Waals surface area contributed by atoms with Crippen LogP contribution in [0, 0.1) is 0 Å². The lowest BCUT2D eigenvalue weighted by molar-refractivity contribution is -0.140. The van der Waals surface area contributed by atoms with Crippen LogP contribution in [0.15, 0.2) is 48.0 Å². The molecule has 0 bridgehead atoms. The SMILES string of the molecule is COCCN1C(=O)C(=O)/C(=C(\O)c2ccc(Cl)c(OC)c2)C1c1cccc(O)c1. The summed E-state index contributed by atoms with van der Waals surface area (Å²) in [7, 11) is 2.92. The fourth-order valence-corrected chi connectivity index (χ4v) is 3.50. The van der Waals surface area contributed by atoms with Gasteiger partial charge in [-0.15, -0.1) is 0 Å². The molecule has 2 aromatic carbocycles. The van der Waals surface area contributed by atoms with Gasteiger partial charge in [0.1, 0.15) is 17.3 Å². The van der Waals surface area contributed by atoms with E-state index >= 15 is 0 Å². The minimum Gasteiger partial charge on any atom is -0.508 e. The van der Waals surface area contributed by atoms with Crippen LogP contribution in [0.5, 0.6) is 11.5 Å². The van der Waals surface area contributed by atoms with Gasteiger partial charge in [-0.05, 0) is 35.9 Å². The van der Waals surface area contributed by atoms with Gasteiger partial charge in [-0.1, -0.05) is 23.7 Å². The topological polar surface area (TPSA) is 96.3 Å². The molecule has 0 radical (unpaired) electrons. The van der Waals surface area contributed by atoms with Crippen LogP contribution in [-0.2, 0) is 14.3 Å². The number of rotatable bonds is 6. The van der Waals surface area contributed by atoms with E-state index in [1.807, 2.05) is 0 Å². The molecule has 1 atom stereocenters. The van der Waals surface area contributed by atoms with E-state index in [1.54, 1.807) is 12.1 Å². The number of carbonyl (C=O) groups is 2. The molecule has 1 aliphatic rings. The second-order valence-corrected chi connectivity index (χ2v) is 6.84. The fraction of sp³-hybridized carbons (Fsp3) is 0.238. The number of hydrogen-bond acceptors (Lipinski definition) is 6. The number of nitrogens with zero attached hydrogens (tertiary/aromatic N) is 1. The van der Waals surface area contributed by atoms with E-state index in [9.17, 15) is 19.8 Å². The molecule has 1 saturated heterocycles. The number of aliphatic hydroxyl groups excluding tert-OH is 1. The van der Waals surface area contributed by atoms with Gasteiger partial charge in [-0.2, -0.15) is 0 Å². The summed E-state index contributed by atoms with van der Waals surface area (Å²) < 4.78 is 10.2. The maximum atomic E-state index is 12.8. The lowest BCUT2D eigenvalue weighted by atomic mass is 9.95. The number of methoxy groups -OCH3 is 2. The van der Waals surface area contributed by atoms with E-state index in [1.165, 1.54) is 49.5 Å². The highest BCUT2D eigenvalue weighted by atomic mass is 35.5. The average Bonchev–Trinajstić information content (AvgIpc) is 2.96. The number of aliphatic hydroxyl groups is 1. The highest BCUT2D eigenvalue weighted by Crippen LogP contribution is 2.40. The lowest BCUT2D eigenvalue weighted by Crippen LogP contribution is -2.32. The van der Waals surface area contributed by atoms with Crippen molar-refractivity contribution in [3.05, 3.63) is 64.2 Å². The van der Waals surface area contributed by atoms with E-state index in [0.717, 1.165) is 0 Å². The molecular weight excluding hydrogens is 398 g/mol. The smallest absolute Gasteiger partial charge is 0.295 e. The van der Waals surface area contributed by atoms with Gasteiger partial charge >= 0.3 is 0 Å². The number of benzene rings is 2. The standard InChI is InChI=1S/C21H20ClNO6/c1-28-9-8-23-18(12-4-3-5-14(24)10-12)17(20(26)21(23)27)19(25)13-6-7-15(22)16(11-13)29-2/h3-7,10-11,18,24-25H,8-9H2,1-2H3/b19-17-. The molecule has 0 aliphatic carbocycles. The quantitative estimate of drug-likeness (QED) is 0.426. The molecule has 1 aliphatic heterocycles. The molecular formula is C21H20ClNO6. The van der Waals surface area contributed by atoms with Crippen molar-refractivity contribution in [3.8, 4) is 11.5 Å². The number of ether oxygens (including phenoxy) is 2. The first kappa shape index (κ1) is 20.7. The second kappa shape index (κ2) is 8.55. The van der Waals surface area contributed by atoms with Gasteiger partial charge in [-0.3, -0.25) is 9.59 Å². The Hall–Kier alpha value is -3.03. The summed E-state index contributed by atoms with van der Waals surface area (Å²) in [5, 5.41) is 21.2. The average molecular weight is 418 g/mol. The van der Waals surface area contributed by atoms with Crippen LogP contribution in [0.2, 0.25) is 5.02 Å². The number of amides is 1. The lowest BCUT2D eigenvalue weighted by Gasteiger charge is -2.25. The Morgan fingerprint density at radius 1 is 1.17 bits per heavy atom. The van der Waals surface area contributed by atoms with Gasteiger partial charge in [0.15, 0.2) is 0 Å². The third-order valence-corrected chi connectivity index (χ3v) is 5.00. The summed E-state index contributed by atoms with van der Waals surface area (Å²) in [5.41, 5.74) is 0.685. The van der Waals surface area contributed by atoms with Crippen molar-refractivity contribution in [1.29, 1.82) is 0 Å². The summed E-state index contributed by atoms with van der Waals surface area (Å²) in [6.07, 6.45) is 0. The maximum absolute atomic E-state index is 12.8. The van der Waals surface area contributed by atoms with Crippen LogP contribution in [0.1, 0.15) is 17.2 Å². The molecule has 1 heterocycles. The molecule has 7 nitrogen and oxygen atoms in total. The van der Waals surface area contributed by atoms with E-state index < -0.39 is 17.7 Å². The highest BCUT2D eigenvalue weighted by Gasteiger charge is 2.46. The number of likely N-dealkylation sites (tertiary alicyclic amines) is 1. The van der Waals surface area contributed by atoms with Crippen LogP contribution in [0.4, 0.5) is 0 Å². The summed E-state index contributed by atoms with van der Waals surface area (Å²) in [5.74, 6) is -1.63. The van der Waals surface area contributed by atoms with Crippen molar-refractivity contribution in [1.82, 2.24) is 4.90 Å². The molecule has 2 N–H and O–H groups in total. The minimum absolute atomic E-state index is 0.0204. The third kappa shape index (κ3) is 3.92. The van der Waals surface area contributed by atoms with E-state index in [0.29, 0.717) is 16.3 Å². The van der Waals surface area contributed by atoms with Gasteiger partial charge in [-0.25, -0.2) is 0 Å². The summed E-state index contributed by atoms with van der Waals surface area (Å²) in [4.78, 5) is 26.8. The molecule has 2 aromatic rings. The first-order valence-electron chi connectivity index (χ1n) is 8.79. The number of phenols is 1. The number of hydrogen-bond donors (Lipinski definition) is 2. The number of ketones is 1. The van der Waals surface area contributed by atoms with Crippen molar-refractivity contribution >= 4 is 29.1 Å². The van der Waals surface area contributed by atoms with Crippen molar-refractivity contribution < 1.29 is 29.3 Å². The maximum Gasteiger partial charge on any atom is 0.295 e. The van der Waals surface area contributed by atoms with Crippen LogP contribution in [0.25, 0.3) is 5.76 Å². The Morgan fingerprint density at radius 2 is 1.93 bits per heavy atom. The summed E-state index contributed by atoms with van der Waals surface area (Å²) >= 11 is 6.04. The number of Topliss-reactive ketones (excluding diaryl/α,β-unsaturated/α-hetero) is 1. The molecule has 0 saturated carbocycles. The van der Waals surface area contributed by atoms with E-state index in [4.69, 9.17) is 21.1 Å². The fourth-order valence-electron chi connectivity index (χ4n) is 3.30. The third-order valence-electron chi connectivity index (χ3n) is 4.69. The second-order valence-electron chi connectivity index (χ2n) is 6.43. The number of halogens is 1. The zero-order valence-electron chi connectivity index (χ0n) is 15.9. The number of aromatic hydroxyl groups is 1. The van der Waals surface area contributed by atoms with Gasteiger partial charge in [0, 0.05) is 19.2 Å². The molecule has 0 aromatic heterocycles. The van der Waals surface area contributed by atoms with Crippen molar-refractivity contribution in [2.45, 2.75) is 6.04 Å². The highest BCUT2D eigenvalue weighted by molar-refractivity contribution is 6.46. The van der Waals surface area contributed by atoms with Gasteiger partial charge in [0.2, 0.25) is 0 Å². The molecule has 1 amide bonds. The number of phenolic OH excluding ortho intramolecular Hbond substituents is 1. The molecule has 1 fully saturated rings. The summed E-state index contributed by atoms with van der Waals surface area (Å²) in [6, 6.07) is 9.88. The molecule has 29 heavy (non-hydrogen) atoms. The van der Waals surface area contributed by atoms with E-state index in [-0.39, 0.29) is 35.8 Å². The van der Waals surface area contributed by atoms with Gasteiger partial charge in [0.25, 0.3) is 11.7 Å². The Bertz CT molecular complexity index is 987. The zero-order valence-corrected chi connectivity index (χ0v) is 16.6. The van der Waals surface area contributed by atoms with E-state index in [2.05, 4.69) is 0 Å². The Kier molecular flexibility index (Phi) is 6.10. The molecule has 3 rings (SSSR count). The van der Waals surface area contributed by atoms with Crippen molar-refractivity contribution in [2.75, 3.05) is 27.4 Å². The molecule has 152 valence electrons. The van der Waals surface area contributed by atoms with Crippen LogP contribution < -0.4 is 4.74 Å². The normalized spacial score (nSPS) is 18.3. The van der Waals surface area contributed by atoms with Gasteiger partial charge in [0.05, 0.1) is 30.4 Å². The monoisotopic (exact) mass is 417 g/mol. The predicted molar refractivity (Wildman–Crippen MR) is 107 cm³/mol. The van der Waals surface area contributed by atoms with Crippen LogP contribution in [-0.4, -0.2) is 54.2 Å². The predicted octanol–water partition coefficient (Wildman–Crippen LogP) is 3.12. The Labute approximate surface area is 172 Å². The Morgan fingerprint density at radius 3 is 2.59 bits per heavy atom. The van der Waals surface area contributed by atoms with Crippen molar-refractivity contribution in [2.24, 2.45) is 0 Å². The molecule has 8 heteroatoms. The minimum atomic E-state index is -0.876.